The number of hydrogen-bond acceptors (Lipinski definition) is 6. The molecule has 0 aliphatic carbocycles. The van der Waals surface area contributed by atoms with Crippen LogP contribution < -0.4 is 4.74 Å². The maximum Gasteiger partial charge on any atom is 0.295 e. The first-order chi connectivity index (χ1) is 15.0. The summed E-state index contributed by atoms with van der Waals surface area (Å²) in [4.78, 5) is 35.8. The summed E-state index contributed by atoms with van der Waals surface area (Å²) in [5.41, 5.74) is 2.64. The second-order valence-electron chi connectivity index (χ2n) is 7.28. The van der Waals surface area contributed by atoms with E-state index in [1.165, 1.54) is 12.0 Å². The fraction of sp³-hybridized carbons (Fsp3) is 0.167. The Kier molecular flexibility index (Phi) is 5.49. The van der Waals surface area contributed by atoms with Crippen LogP contribution in [0.5, 0.6) is 5.75 Å². The van der Waals surface area contributed by atoms with Crippen LogP contribution in [-0.2, 0) is 16.1 Å². The lowest BCUT2D eigenvalue weighted by atomic mass is 9.95. The largest absolute Gasteiger partial charge is 0.507 e. The fourth-order valence-corrected chi connectivity index (χ4v) is 3.77. The van der Waals surface area contributed by atoms with E-state index < -0.39 is 17.7 Å². The molecule has 1 N–H and O–H groups in total. The van der Waals surface area contributed by atoms with Crippen molar-refractivity contribution in [3.63, 3.8) is 0 Å². The van der Waals surface area contributed by atoms with Gasteiger partial charge in [0.2, 0.25) is 0 Å². The molecule has 7 heteroatoms. The van der Waals surface area contributed by atoms with E-state index in [1.54, 1.807) is 55.1 Å². The van der Waals surface area contributed by atoms with Crippen molar-refractivity contribution in [3.8, 4) is 5.75 Å². The first-order valence-electron chi connectivity index (χ1n) is 9.73. The van der Waals surface area contributed by atoms with Crippen molar-refractivity contribution in [1.29, 1.82) is 0 Å². The van der Waals surface area contributed by atoms with Gasteiger partial charge in [0.25, 0.3) is 11.7 Å². The van der Waals surface area contributed by atoms with E-state index in [4.69, 9.17) is 4.74 Å². The summed E-state index contributed by atoms with van der Waals surface area (Å²) in [7, 11) is 1.49. The van der Waals surface area contributed by atoms with Gasteiger partial charge in [-0.05, 0) is 42.3 Å². The van der Waals surface area contributed by atoms with Crippen LogP contribution in [0.1, 0.15) is 28.3 Å². The maximum absolute atomic E-state index is 13.1. The number of amides is 1. The highest BCUT2D eigenvalue weighted by atomic mass is 16.5. The molecule has 7 nitrogen and oxygen atoms in total. The van der Waals surface area contributed by atoms with Crippen LogP contribution in [0.25, 0.3) is 5.76 Å². The zero-order valence-corrected chi connectivity index (χ0v) is 17.1. The molecule has 31 heavy (non-hydrogen) atoms. The van der Waals surface area contributed by atoms with Crippen molar-refractivity contribution in [2.75, 3.05) is 7.11 Å². The predicted octanol–water partition coefficient (Wildman–Crippen LogP) is 3.42. The number of aromatic nitrogens is 2. The molecule has 2 aromatic heterocycles. The minimum absolute atomic E-state index is 0.00536. The highest BCUT2D eigenvalue weighted by Crippen LogP contribution is 2.41. The van der Waals surface area contributed by atoms with Crippen LogP contribution in [0.15, 0.2) is 72.8 Å². The van der Waals surface area contributed by atoms with E-state index in [2.05, 4.69) is 9.97 Å². The summed E-state index contributed by atoms with van der Waals surface area (Å²) in [6, 6.07) is 11.6. The van der Waals surface area contributed by atoms with E-state index in [0.29, 0.717) is 16.9 Å². The average Bonchev–Trinajstić information content (AvgIpc) is 3.04. The number of aliphatic hydroxyl groups excluding tert-OH is 1. The van der Waals surface area contributed by atoms with Crippen molar-refractivity contribution in [1.82, 2.24) is 14.9 Å². The Balaban J connectivity index is 1.90. The third-order valence-corrected chi connectivity index (χ3v) is 5.23. The molecule has 1 saturated heterocycles. The third-order valence-electron chi connectivity index (χ3n) is 5.23. The number of methoxy groups -OCH3 is 1. The lowest BCUT2D eigenvalue weighted by Crippen LogP contribution is -2.29. The molecule has 156 valence electrons. The van der Waals surface area contributed by atoms with Gasteiger partial charge in [0, 0.05) is 31.3 Å². The van der Waals surface area contributed by atoms with Crippen LogP contribution in [0, 0.1) is 6.92 Å². The number of aliphatic hydroxyl groups is 1. The van der Waals surface area contributed by atoms with Crippen molar-refractivity contribution in [3.05, 3.63) is 95.1 Å². The predicted molar refractivity (Wildman–Crippen MR) is 114 cm³/mol. The molecule has 0 bridgehead atoms. The molecule has 4 rings (SSSR count). The molecule has 1 unspecified atom stereocenters. The normalized spacial score (nSPS) is 17.7. The van der Waals surface area contributed by atoms with Crippen LogP contribution in [0.3, 0.4) is 0 Å². The quantitative estimate of drug-likeness (QED) is 0.390. The molecular weight excluding hydrogens is 394 g/mol. The first kappa shape index (κ1) is 20.3. The topological polar surface area (TPSA) is 92.6 Å². The Morgan fingerprint density at radius 1 is 1.10 bits per heavy atom. The van der Waals surface area contributed by atoms with Gasteiger partial charge in [0.05, 0.1) is 24.3 Å². The Hall–Kier alpha value is -4.00. The van der Waals surface area contributed by atoms with Crippen molar-refractivity contribution in [2.24, 2.45) is 0 Å². The smallest absolute Gasteiger partial charge is 0.295 e. The van der Waals surface area contributed by atoms with Crippen molar-refractivity contribution >= 4 is 17.4 Å². The summed E-state index contributed by atoms with van der Waals surface area (Å²) in [5, 5.41) is 11.2. The van der Waals surface area contributed by atoms with Gasteiger partial charge >= 0.3 is 0 Å². The Bertz CT molecular complexity index is 1160. The molecule has 0 spiro atoms. The number of carbonyl (C=O) groups excluding carboxylic acids is 2. The molecule has 0 radical (unpaired) electrons. The SMILES string of the molecule is COc1ccc(C)cc1/C(O)=C1\C(=O)C(=O)N(Cc2cccnc2)C1c1cccnc1. The van der Waals surface area contributed by atoms with Gasteiger partial charge in [0.1, 0.15) is 11.5 Å². The number of ether oxygens (including phenoxy) is 1. The molecule has 3 heterocycles. The van der Waals surface area contributed by atoms with Crippen LogP contribution in [0.4, 0.5) is 0 Å². The highest BCUT2D eigenvalue weighted by Gasteiger charge is 2.46. The number of nitrogens with zero attached hydrogens (tertiary/aromatic N) is 3. The number of Topliss-reactive ketones (excluding diaryl/α,β-unsaturated/α-hetero) is 1. The lowest BCUT2D eigenvalue weighted by molar-refractivity contribution is -0.140. The Morgan fingerprint density at radius 3 is 2.48 bits per heavy atom. The third kappa shape index (κ3) is 3.77. The summed E-state index contributed by atoms with van der Waals surface area (Å²) >= 11 is 0. The number of rotatable bonds is 5. The maximum atomic E-state index is 13.1. The summed E-state index contributed by atoms with van der Waals surface area (Å²) in [6.45, 7) is 2.04. The number of ketones is 1. The number of aryl methyl sites for hydroxylation is 1. The molecule has 3 aromatic rings. The zero-order chi connectivity index (χ0) is 22.0. The molecule has 1 atom stereocenters. The van der Waals surface area contributed by atoms with Gasteiger partial charge in [0.15, 0.2) is 0 Å². The van der Waals surface area contributed by atoms with Gasteiger partial charge in [-0.25, -0.2) is 0 Å². The van der Waals surface area contributed by atoms with Crippen LogP contribution in [0.2, 0.25) is 0 Å². The summed E-state index contributed by atoms with van der Waals surface area (Å²) in [6.07, 6.45) is 6.48. The monoisotopic (exact) mass is 415 g/mol. The molecule has 1 amide bonds. The second kappa shape index (κ2) is 8.39. The fourth-order valence-electron chi connectivity index (χ4n) is 3.77. The van der Waals surface area contributed by atoms with E-state index in [1.807, 2.05) is 19.1 Å². The zero-order valence-electron chi connectivity index (χ0n) is 17.1. The number of benzene rings is 1. The Morgan fingerprint density at radius 2 is 1.84 bits per heavy atom. The summed E-state index contributed by atoms with van der Waals surface area (Å²) < 4.78 is 5.38. The van der Waals surface area contributed by atoms with E-state index in [9.17, 15) is 14.7 Å². The average molecular weight is 415 g/mol. The number of likely N-dealkylation sites (tertiary alicyclic amines) is 1. The Labute approximate surface area is 179 Å². The molecular formula is C24H21N3O4. The second-order valence-corrected chi connectivity index (χ2v) is 7.28. The number of pyridine rings is 2. The molecule has 1 aliphatic rings. The van der Waals surface area contributed by atoms with Crippen LogP contribution >= 0.6 is 0 Å². The van der Waals surface area contributed by atoms with E-state index in [0.717, 1.165) is 11.1 Å². The van der Waals surface area contributed by atoms with Gasteiger partial charge in [-0.2, -0.15) is 0 Å². The van der Waals surface area contributed by atoms with E-state index in [-0.39, 0.29) is 17.9 Å². The minimum Gasteiger partial charge on any atom is -0.507 e. The lowest BCUT2D eigenvalue weighted by Gasteiger charge is -2.25. The minimum atomic E-state index is -0.792. The summed E-state index contributed by atoms with van der Waals surface area (Å²) in [5.74, 6) is -1.31. The van der Waals surface area contributed by atoms with Crippen molar-refractivity contribution in [2.45, 2.75) is 19.5 Å². The van der Waals surface area contributed by atoms with Gasteiger partial charge < -0.3 is 14.7 Å². The molecule has 0 saturated carbocycles. The first-order valence-corrected chi connectivity index (χ1v) is 9.73. The molecule has 1 fully saturated rings. The van der Waals surface area contributed by atoms with Gasteiger partial charge in [-0.1, -0.05) is 23.8 Å². The standard InChI is InChI=1S/C24H21N3O4/c1-15-7-8-19(31-2)18(11-15)22(28)20-21(17-6-4-10-26-13-17)27(24(30)23(20)29)14-16-5-3-9-25-12-16/h3-13,21,28H,14H2,1-2H3/b22-20+. The number of hydrogen-bond donors (Lipinski definition) is 1. The van der Waals surface area contributed by atoms with Crippen molar-refractivity contribution < 1.29 is 19.4 Å². The van der Waals surface area contributed by atoms with Gasteiger partial charge in [-0.3, -0.25) is 19.6 Å². The molecule has 1 aromatic carbocycles. The highest BCUT2D eigenvalue weighted by molar-refractivity contribution is 6.46. The van der Waals surface area contributed by atoms with E-state index >= 15 is 0 Å². The van der Waals surface area contributed by atoms with Crippen LogP contribution in [-0.4, -0.2) is 38.8 Å². The number of carbonyl (C=O) groups is 2. The van der Waals surface area contributed by atoms with Gasteiger partial charge in [-0.15, -0.1) is 0 Å². The molecule has 1 aliphatic heterocycles.